The average molecular weight is 467 g/mol. The summed E-state index contributed by atoms with van der Waals surface area (Å²) in [5, 5.41) is 5.82. The molecule has 2 N–H and O–H groups in total. The summed E-state index contributed by atoms with van der Waals surface area (Å²) in [7, 11) is 0. The van der Waals surface area contributed by atoms with Gasteiger partial charge >= 0.3 is 6.36 Å². The molecule has 2 aliphatic rings. The zero-order chi connectivity index (χ0) is 23.6. The third-order valence-corrected chi connectivity index (χ3v) is 5.66. The minimum atomic E-state index is -4.79. The van der Waals surface area contributed by atoms with Crippen LogP contribution in [-0.2, 0) is 11.2 Å². The van der Waals surface area contributed by atoms with Crippen LogP contribution in [0.25, 0.3) is 0 Å². The van der Waals surface area contributed by atoms with Gasteiger partial charge in [-0.3, -0.25) is 4.79 Å². The average Bonchev–Trinajstić information content (AvgIpc) is 3.17. The van der Waals surface area contributed by atoms with E-state index in [1.165, 1.54) is 12.1 Å². The number of nitrogens with one attached hydrogen (secondary N) is 2. The molecule has 2 atom stereocenters. The number of nitrogens with zero attached hydrogens (tertiary/aromatic N) is 1. The Hall–Kier alpha value is -3.01. The second-order valence-corrected chi connectivity index (χ2v) is 8.28. The molecule has 6 nitrogen and oxygen atoms in total. The first-order chi connectivity index (χ1) is 15.7. The number of fused-ring (bicyclic) bond motifs is 1. The van der Waals surface area contributed by atoms with Gasteiger partial charge in [0.25, 0.3) is 5.91 Å². The number of hydrogen-bond donors (Lipinski definition) is 2. The molecule has 2 heterocycles. The Morgan fingerprint density at radius 1 is 1.27 bits per heavy atom. The molecule has 1 unspecified atom stereocenters. The van der Waals surface area contributed by atoms with E-state index in [4.69, 9.17) is 4.74 Å². The summed E-state index contributed by atoms with van der Waals surface area (Å²) in [6.07, 6.45) is -5.23. The first-order valence-electron chi connectivity index (χ1n) is 10.7. The van der Waals surface area contributed by atoms with Crippen molar-refractivity contribution in [1.29, 1.82) is 0 Å². The number of rotatable bonds is 6. The molecule has 0 spiro atoms. The van der Waals surface area contributed by atoms with Gasteiger partial charge in [0.2, 0.25) is 0 Å². The molecular weight excluding hydrogens is 442 g/mol. The molecule has 4 rings (SSSR count). The second-order valence-electron chi connectivity index (χ2n) is 8.28. The lowest BCUT2D eigenvalue weighted by molar-refractivity contribution is -0.274. The molecule has 0 saturated carbocycles. The first-order valence-corrected chi connectivity index (χ1v) is 10.7. The van der Waals surface area contributed by atoms with Gasteiger partial charge in [-0.05, 0) is 43.5 Å². The zero-order valence-electron chi connectivity index (χ0n) is 18.0. The monoisotopic (exact) mass is 467 g/mol. The summed E-state index contributed by atoms with van der Waals surface area (Å²) in [6, 6.07) is 9.35. The number of benzene rings is 2. The summed E-state index contributed by atoms with van der Waals surface area (Å²) in [4.78, 5) is 14.9. The van der Waals surface area contributed by atoms with Crippen LogP contribution in [0, 0.1) is 6.92 Å². The summed E-state index contributed by atoms with van der Waals surface area (Å²) in [6.45, 7) is 3.91. The van der Waals surface area contributed by atoms with Gasteiger partial charge in [-0.25, -0.2) is 4.39 Å². The van der Waals surface area contributed by atoms with Crippen LogP contribution in [0.4, 0.5) is 28.9 Å². The lowest BCUT2D eigenvalue weighted by Gasteiger charge is -2.27. The van der Waals surface area contributed by atoms with E-state index in [9.17, 15) is 22.4 Å². The molecule has 33 heavy (non-hydrogen) atoms. The van der Waals surface area contributed by atoms with Crippen molar-refractivity contribution >= 4 is 17.3 Å². The van der Waals surface area contributed by atoms with E-state index >= 15 is 0 Å². The molecule has 2 aromatic rings. The van der Waals surface area contributed by atoms with Gasteiger partial charge < -0.3 is 25.0 Å². The van der Waals surface area contributed by atoms with Crippen molar-refractivity contribution in [1.82, 2.24) is 4.90 Å². The number of likely N-dealkylation sites (tertiary alicyclic amines) is 1. The fourth-order valence-electron chi connectivity index (χ4n) is 4.02. The predicted octanol–water partition coefficient (Wildman–Crippen LogP) is 4.29. The largest absolute Gasteiger partial charge is 0.573 e. The molecule has 2 aromatic carbocycles. The summed E-state index contributed by atoms with van der Waals surface area (Å²) >= 11 is 0. The van der Waals surface area contributed by atoms with E-state index in [-0.39, 0.29) is 24.0 Å². The van der Waals surface area contributed by atoms with E-state index in [2.05, 4.69) is 20.3 Å². The van der Waals surface area contributed by atoms with Crippen LogP contribution in [0.1, 0.15) is 17.5 Å². The van der Waals surface area contributed by atoms with Crippen molar-refractivity contribution in [3.8, 4) is 11.5 Å². The molecule has 10 heteroatoms. The number of halogens is 4. The van der Waals surface area contributed by atoms with Crippen molar-refractivity contribution in [3.63, 3.8) is 0 Å². The molecular formula is C23H25F4N3O3. The normalized spacial score (nSPS) is 20.5. The minimum absolute atomic E-state index is 0.0845. The number of carbonyl (C=O) groups is 1. The second kappa shape index (κ2) is 9.46. The highest BCUT2D eigenvalue weighted by Crippen LogP contribution is 2.35. The van der Waals surface area contributed by atoms with Gasteiger partial charge in [-0.15, -0.1) is 13.2 Å². The molecule has 178 valence electrons. The molecule has 1 fully saturated rings. The maximum atomic E-state index is 13.4. The molecule has 0 aromatic heterocycles. The van der Waals surface area contributed by atoms with E-state index in [0.29, 0.717) is 37.3 Å². The van der Waals surface area contributed by atoms with Gasteiger partial charge in [0.05, 0.1) is 12.2 Å². The number of carbonyl (C=O) groups excluding carboxylic acids is 1. The van der Waals surface area contributed by atoms with Crippen molar-refractivity contribution in [2.75, 3.05) is 36.8 Å². The van der Waals surface area contributed by atoms with Crippen molar-refractivity contribution < 1.29 is 31.8 Å². The van der Waals surface area contributed by atoms with Gasteiger partial charge in [0.1, 0.15) is 17.7 Å². The smallest absolute Gasteiger partial charge is 0.477 e. The Morgan fingerprint density at radius 2 is 2.09 bits per heavy atom. The van der Waals surface area contributed by atoms with Crippen LogP contribution in [-0.4, -0.2) is 55.6 Å². The van der Waals surface area contributed by atoms with Crippen molar-refractivity contribution in [3.05, 3.63) is 47.5 Å². The van der Waals surface area contributed by atoms with Crippen LogP contribution >= 0.6 is 0 Å². The number of aryl methyl sites for hydroxylation is 1. The maximum absolute atomic E-state index is 13.4. The van der Waals surface area contributed by atoms with Crippen molar-refractivity contribution in [2.45, 2.75) is 38.4 Å². The Labute approximate surface area is 188 Å². The quantitative estimate of drug-likeness (QED) is 0.621. The first kappa shape index (κ1) is 23.2. The Kier molecular flexibility index (Phi) is 6.64. The molecule has 0 radical (unpaired) electrons. The van der Waals surface area contributed by atoms with Crippen LogP contribution in [0.3, 0.4) is 0 Å². The zero-order valence-corrected chi connectivity index (χ0v) is 18.0. The van der Waals surface area contributed by atoms with Gasteiger partial charge in [-0.1, -0.05) is 17.7 Å². The van der Waals surface area contributed by atoms with Crippen LogP contribution in [0.15, 0.2) is 36.4 Å². The van der Waals surface area contributed by atoms with E-state index < -0.39 is 18.6 Å². The maximum Gasteiger partial charge on any atom is 0.573 e. The standard InChI is InChI=1S/C23H25F4N3O3/c1-14-2-4-18(15(10-14)6-8-30-9-7-16(24)13-30)29-22(31)21-12-28-19-11-17(33-23(25,26)27)3-5-20(19)32-21/h2-5,10-11,16,21,28H,6-9,12-13H2,1H3,(H,29,31)/t16-,21?/m1/s1. The topological polar surface area (TPSA) is 62.8 Å². The van der Waals surface area contributed by atoms with Crippen molar-refractivity contribution in [2.24, 2.45) is 0 Å². The summed E-state index contributed by atoms with van der Waals surface area (Å²) in [5.74, 6) is -0.490. The van der Waals surface area contributed by atoms with E-state index in [0.717, 1.165) is 23.7 Å². The van der Waals surface area contributed by atoms with E-state index in [1.54, 1.807) is 0 Å². The van der Waals surface area contributed by atoms with E-state index in [1.807, 2.05) is 25.1 Å². The van der Waals surface area contributed by atoms with Crippen LogP contribution < -0.4 is 20.1 Å². The molecule has 1 amide bonds. The Morgan fingerprint density at radius 3 is 2.82 bits per heavy atom. The SMILES string of the molecule is Cc1ccc(NC(=O)C2CNc3cc(OC(F)(F)F)ccc3O2)c(CCN2CC[C@@H](F)C2)c1. The minimum Gasteiger partial charge on any atom is -0.477 e. The van der Waals surface area contributed by atoms with Gasteiger partial charge in [0, 0.05) is 31.4 Å². The fourth-order valence-corrected chi connectivity index (χ4v) is 4.02. The fraction of sp³-hybridized carbons (Fsp3) is 0.435. The predicted molar refractivity (Wildman–Crippen MR) is 115 cm³/mol. The van der Waals surface area contributed by atoms with Crippen LogP contribution in [0.5, 0.6) is 11.5 Å². The number of hydrogen-bond acceptors (Lipinski definition) is 5. The highest BCUT2D eigenvalue weighted by atomic mass is 19.4. The molecule has 0 bridgehead atoms. The van der Waals surface area contributed by atoms with Gasteiger partial charge in [-0.2, -0.15) is 0 Å². The lowest BCUT2D eigenvalue weighted by Crippen LogP contribution is -2.41. The number of ether oxygens (including phenoxy) is 2. The molecule has 0 aliphatic carbocycles. The number of amides is 1. The Bertz CT molecular complexity index is 1010. The highest BCUT2D eigenvalue weighted by Gasteiger charge is 2.32. The van der Waals surface area contributed by atoms with Crippen LogP contribution in [0.2, 0.25) is 0 Å². The number of anilines is 2. The Balaban J connectivity index is 1.39. The lowest BCUT2D eigenvalue weighted by atomic mass is 10.1. The number of alkyl halides is 4. The summed E-state index contributed by atoms with van der Waals surface area (Å²) in [5.41, 5.74) is 2.97. The summed E-state index contributed by atoms with van der Waals surface area (Å²) < 4.78 is 60.3. The molecule has 2 aliphatic heterocycles. The highest BCUT2D eigenvalue weighted by molar-refractivity contribution is 5.96. The third kappa shape index (κ3) is 6.07. The molecule has 1 saturated heterocycles. The van der Waals surface area contributed by atoms with Gasteiger partial charge in [0.15, 0.2) is 6.10 Å². The third-order valence-electron chi connectivity index (χ3n) is 5.66.